The second-order valence-corrected chi connectivity index (χ2v) is 8.76. The third-order valence-electron chi connectivity index (χ3n) is 4.66. The molecule has 2 amide bonds. The zero-order valence-electron chi connectivity index (χ0n) is 16.3. The predicted octanol–water partition coefficient (Wildman–Crippen LogP) is 3.80. The molecule has 0 saturated carbocycles. The smallest absolute Gasteiger partial charge is 0.236 e. The number of nitrogens with zero attached hydrogens (tertiary/aromatic N) is 3. The van der Waals surface area contributed by atoms with Crippen molar-refractivity contribution < 1.29 is 14.3 Å². The first kappa shape index (κ1) is 20.4. The number of ether oxygens (including phenoxy) is 1. The molecular formula is C21H20N4O3S2. The molecule has 1 aliphatic heterocycles. The zero-order chi connectivity index (χ0) is 20.9. The number of carbonyl (C=O) groups excluding carboxylic acids is 2. The number of hydrogen-bond acceptors (Lipinski definition) is 7. The Morgan fingerprint density at radius 1 is 1.20 bits per heavy atom. The molecular weight excluding hydrogens is 420 g/mol. The zero-order valence-corrected chi connectivity index (χ0v) is 17.9. The molecule has 154 valence electrons. The van der Waals surface area contributed by atoms with Gasteiger partial charge in [0.25, 0.3) is 0 Å². The van der Waals surface area contributed by atoms with Crippen LogP contribution in [0, 0.1) is 0 Å². The van der Waals surface area contributed by atoms with Crippen molar-refractivity contribution in [3.8, 4) is 5.75 Å². The van der Waals surface area contributed by atoms with E-state index in [0.717, 1.165) is 21.3 Å². The van der Waals surface area contributed by atoms with Gasteiger partial charge in [0, 0.05) is 29.5 Å². The number of carbonyl (C=O) groups is 2. The molecule has 1 atom stereocenters. The summed E-state index contributed by atoms with van der Waals surface area (Å²) in [6, 6.07) is 17.2. The molecule has 9 heteroatoms. The number of hydrogen-bond donors (Lipinski definition) is 1. The predicted molar refractivity (Wildman–Crippen MR) is 118 cm³/mol. The quantitative estimate of drug-likeness (QED) is 0.563. The standard InChI is InChI=1S/C21H20N4O3S2/c1-28-16-9-7-15(8-10-16)25-12-14(11-19(25)27)20-23-24-21(30-20)22-18(26)13-29-17-5-3-2-4-6-17/h2-10,14H,11-13H2,1H3,(H,22,24,26)/t14-/m0/s1. The highest BCUT2D eigenvalue weighted by atomic mass is 32.2. The lowest BCUT2D eigenvalue weighted by Crippen LogP contribution is -2.24. The van der Waals surface area contributed by atoms with E-state index in [2.05, 4.69) is 15.5 Å². The van der Waals surface area contributed by atoms with E-state index in [9.17, 15) is 9.59 Å². The summed E-state index contributed by atoms with van der Waals surface area (Å²) >= 11 is 2.79. The highest BCUT2D eigenvalue weighted by Gasteiger charge is 2.34. The summed E-state index contributed by atoms with van der Waals surface area (Å²) in [5, 5.41) is 12.3. The van der Waals surface area contributed by atoms with Crippen molar-refractivity contribution in [1.29, 1.82) is 0 Å². The Kier molecular flexibility index (Phi) is 6.29. The molecule has 7 nitrogen and oxygen atoms in total. The maximum Gasteiger partial charge on any atom is 0.236 e. The van der Waals surface area contributed by atoms with Crippen LogP contribution in [-0.2, 0) is 9.59 Å². The maximum absolute atomic E-state index is 12.5. The van der Waals surface area contributed by atoms with Crippen LogP contribution in [0.15, 0.2) is 59.5 Å². The van der Waals surface area contributed by atoms with Crippen molar-refractivity contribution in [1.82, 2.24) is 10.2 Å². The number of aromatic nitrogens is 2. The molecule has 2 heterocycles. The highest BCUT2D eigenvalue weighted by molar-refractivity contribution is 8.00. The molecule has 1 fully saturated rings. The molecule has 3 aromatic rings. The van der Waals surface area contributed by atoms with Crippen LogP contribution in [0.4, 0.5) is 10.8 Å². The van der Waals surface area contributed by atoms with E-state index < -0.39 is 0 Å². The fourth-order valence-electron chi connectivity index (χ4n) is 3.16. The van der Waals surface area contributed by atoms with Crippen LogP contribution in [-0.4, -0.2) is 41.4 Å². The van der Waals surface area contributed by atoms with Crippen LogP contribution in [0.25, 0.3) is 0 Å². The Morgan fingerprint density at radius 3 is 2.70 bits per heavy atom. The van der Waals surface area contributed by atoms with Crippen LogP contribution in [0.2, 0.25) is 0 Å². The summed E-state index contributed by atoms with van der Waals surface area (Å²) in [6.45, 7) is 0.539. The van der Waals surface area contributed by atoms with Gasteiger partial charge in [-0.15, -0.1) is 22.0 Å². The van der Waals surface area contributed by atoms with Gasteiger partial charge < -0.3 is 9.64 Å². The number of benzene rings is 2. The van der Waals surface area contributed by atoms with E-state index in [1.165, 1.54) is 23.1 Å². The van der Waals surface area contributed by atoms with Crippen LogP contribution >= 0.6 is 23.1 Å². The normalized spacial score (nSPS) is 16.0. The topological polar surface area (TPSA) is 84.4 Å². The van der Waals surface area contributed by atoms with Gasteiger partial charge >= 0.3 is 0 Å². The van der Waals surface area contributed by atoms with Crippen molar-refractivity contribution in [3.63, 3.8) is 0 Å². The molecule has 1 N–H and O–H groups in total. The van der Waals surface area contributed by atoms with E-state index in [0.29, 0.717) is 23.8 Å². The van der Waals surface area contributed by atoms with Crippen molar-refractivity contribution in [2.24, 2.45) is 0 Å². The average molecular weight is 441 g/mol. The molecule has 0 bridgehead atoms. The number of methoxy groups -OCH3 is 1. The largest absolute Gasteiger partial charge is 0.497 e. The van der Waals surface area contributed by atoms with E-state index >= 15 is 0 Å². The van der Waals surface area contributed by atoms with Gasteiger partial charge in [0.2, 0.25) is 16.9 Å². The lowest BCUT2D eigenvalue weighted by molar-refractivity contribution is -0.117. The number of amides is 2. The van der Waals surface area contributed by atoms with E-state index in [1.54, 1.807) is 12.0 Å². The Morgan fingerprint density at radius 2 is 1.97 bits per heavy atom. The molecule has 1 aliphatic rings. The molecule has 30 heavy (non-hydrogen) atoms. The fraction of sp³-hybridized carbons (Fsp3) is 0.238. The van der Waals surface area contributed by atoms with E-state index in [-0.39, 0.29) is 17.7 Å². The Labute approximate surface area is 182 Å². The van der Waals surface area contributed by atoms with Crippen molar-refractivity contribution in [3.05, 3.63) is 59.6 Å². The number of thioether (sulfide) groups is 1. The van der Waals surface area contributed by atoms with Gasteiger partial charge in [0.15, 0.2) is 0 Å². The first-order chi connectivity index (χ1) is 14.6. The van der Waals surface area contributed by atoms with Crippen LogP contribution in [0.3, 0.4) is 0 Å². The van der Waals surface area contributed by atoms with Crippen LogP contribution in [0.5, 0.6) is 5.75 Å². The fourth-order valence-corrected chi connectivity index (χ4v) is 4.73. The highest BCUT2D eigenvalue weighted by Crippen LogP contribution is 2.34. The molecule has 0 aliphatic carbocycles. The van der Waals surface area contributed by atoms with Crippen molar-refractivity contribution in [2.75, 3.05) is 29.6 Å². The first-order valence-electron chi connectivity index (χ1n) is 9.38. The third kappa shape index (κ3) is 4.80. The number of anilines is 2. The Bertz CT molecular complexity index is 1020. The van der Waals surface area contributed by atoms with Gasteiger partial charge in [-0.1, -0.05) is 29.5 Å². The minimum absolute atomic E-state index is 0.0403. The third-order valence-corrected chi connectivity index (χ3v) is 6.67. The molecule has 1 aromatic heterocycles. The van der Waals surface area contributed by atoms with Crippen molar-refractivity contribution >= 4 is 45.7 Å². The minimum atomic E-state index is -0.131. The van der Waals surface area contributed by atoms with Gasteiger partial charge in [0.05, 0.1) is 12.9 Å². The lowest BCUT2D eigenvalue weighted by atomic mass is 10.1. The lowest BCUT2D eigenvalue weighted by Gasteiger charge is -2.16. The molecule has 0 spiro atoms. The van der Waals surface area contributed by atoms with E-state index in [1.807, 2.05) is 54.6 Å². The monoisotopic (exact) mass is 440 g/mol. The first-order valence-corrected chi connectivity index (χ1v) is 11.2. The second-order valence-electron chi connectivity index (χ2n) is 6.70. The van der Waals surface area contributed by atoms with Gasteiger partial charge in [-0.3, -0.25) is 14.9 Å². The summed E-state index contributed by atoms with van der Waals surface area (Å²) < 4.78 is 5.17. The van der Waals surface area contributed by atoms with Gasteiger partial charge in [-0.2, -0.15) is 0 Å². The summed E-state index contributed by atoms with van der Waals surface area (Å²) in [4.78, 5) is 27.5. The number of rotatable bonds is 7. The molecule has 2 aromatic carbocycles. The van der Waals surface area contributed by atoms with E-state index in [4.69, 9.17) is 4.74 Å². The van der Waals surface area contributed by atoms with Crippen molar-refractivity contribution in [2.45, 2.75) is 17.2 Å². The average Bonchev–Trinajstić information content (AvgIpc) is 3.39. The SMILES string of the molecule is COc1ccc(N2C[C@@H](c3nnc(NC(=O)CSc4ccccc4)s3)CC2=O)cc1. The number of nitrogens with one attached hydrogen (secondary N) is 1. The molecule has 1 saturated heterocycles. The van der Waals surface area contributed by atoms with Gasteiger partial charge in [-0.25, -0.2) is 0 Å². The Hall–Kier alpha value is -2.91. The van der Waals surface area contributed by atoms with Crippen LogP contribution < -0.4 is 15.0 Å². The molecule has 0 unspecified atom stereocenters. The summed E-state index contributed by atoms with van der Waals surface area (Å²) in [5.74, 6) is 0.920. The Balaban J connectivity index is 1.34. The maximum atomic E-state index is 12.5. The molecule has 0 radical (unpaired) electrons. The summed E-state index contributed by atoms with van der Waals surface area (Å²) in [6.07, 6.45) is 0.373. The minimum Gasteiger partial charge on any atom is -0.497 e. The summed E-state index contributed by atoms with van der Waals surface area (Å²) in [5.41, 5.74) is 0.833. The summed E-state index contributed by atoms with van der Waals surface area (Å²) in [7, 11) is 1.61. The molecule has 4 rings (SSSR count). The second kappa shape index (κ2) is 9.27. The van der Waals surface area contributed by atoms with Gasteiger partial charge in [-0.05, 0) is 36.4 Å². The van der Waals surface area contributed by atoms with Gasteiger partial charge in [0.1, 0.15) is 10.8 Å². The van der Waals surface area contributed by atoms with Crippen LogP contribution in [0.1, 0.15) is 17.3 Å².